The Bertz CT molecular complexity index is 240. The fourth-order valence-corrected chi connectivity index (χ4v) is 3.85. The molecular weight excluding hydrogens is 234 g/mol. The predicted octanol–water partition coefficient (Wildman–Crippen LogP) is 2.56. The maximum absolute atomic E-state index is 6.17. The SMILES string of the molecule is CCN(CC)CCCN(CC)C1(CN)CCCC1C. The van der Waals surface area contributed by atoms with E-state index in [0.717, 1.165) is 19.0 Å². The van der Waals surface area contributed by atoms with E-state index in [1.807, 2.05) is 0 Å². The summed E-state index contributed by atoms with van der Waals surface area (Å²) < 4.78 is 0. The molecule has 0 bridgehead atoms. The first-order valence-electron chi connectivity index (χ1n) is 8.32. The molecule has 3 nitrogen and oxygen atoms in total. The van der Waals surface area contributed by atoms with Crippen molar-refractivity contribution in [1.82, 2.24) is 9.80 Å². The summed E-state index contributed by atoms with van der Waals surface area (Å²) in [6.45, 7) is 15.9. The van der Waals surface area contributed by atoms with E-state index in [-0.39, 0.29) is 5.54 Å². The second-order valence-electron chi connectivity index (χ2n) is 6.06. The molecule has 3 heteroatoms. The third-order valence-corrected chi connectivity index (χ3v) is 5.33. The Kier molecular flexibility index (Phi) is 7.33. The molecule has 1 aliphatic rings. The minimum atomic E-state index is 0.290. The summed E-state index contributed by atoms with van der Waals surface area (Å²) in [6.07, 6.45) is 5.27. The fourth-order valence-electron chi connectivity index (χ4n) is 3.85. The smallest absolute Gasteiger partial charge is 0.0357 e. The van der Waals surface area contributed by atoms with Crippen molar-refractivity contribution >= 4 is 0 Å². The Morgan fingerprint density at radius 3 is 2.21 bits per heavy atom. The van der Waals surface area contributed by atoms with Gasteiger partial charge in [-0.15, -0.1) is 0 Å². The van der Waals surface area contributed by atoms with E-state index < -0.39 is 0 Å². The van der Waals surface area contributed by atoms with Crippen molar-refractivity contribution in [2.24, 2.45) is 11.7 Å². The van der Waals surface area contributed by atoms with Crippen LogP contribution in [-0.4, -0.2) is 54.6 Å². The van der Waals surface area contributed by atoms with Crippen LogP contribution in [0.15, 0.2) is 0 Å². The number of rotatable bonds is 9. The molecular formula is C16H35N3. The second kappa shape index (κ2) is 8.23. The lowest BCUT2D eigenvalue weighted by atomic mass is 9.86. The van der Waals surface area contributed by atoms with E-state index in [9.17, 15) is 0 Å². The summed E-state index contributed by atoms with van der Waals surface area (Å²) >= 11 is 0. The van der Waals surface area contributed by atoms with E-state index in [1.54, 1.807) is 0 Å². The third-order valence-electron chi connectivity index (χ3n) is 5.33. The first kappa shape index (κ1) is 16.9. The molecule has 0 spiro atoms. The first-order valence-corrected chi connectivity index (χ1v) is 8.32. The van der Waals surface area contributed by atoms with Crippen LogP contribution in [0, 0.1) is 5.92 Å². The van der Waals surface area contributed by atoms with Crippen molar-refractivity contribution in [2.45, 2.75) is 58.9 Å². The molecule has 114 valence electrons. The van der Waals surface area contributed by atoms with Gasteiger partial charge in [0.25, 0.3) is 0 Å². The van der Waals surface area contributed by atoms with Crippen LogP contribution in [0.2, 0.25) is 0 Å². The Labute approximate surface area is 120 Å². The molecule has 1 rings (SSSR count). The van der Waals surface area contributed by atoms with Gasteiger partial charge in [0.1, 0.15) is 0 Å². The zero-order valence-corrected chi connectivity index (χ0v) is 13.6. The normalized spacial score (nSPS) is 27.6. The lowest BCUT2D eigenvalue weighted by Gasteiger charge is -2.44. The minimum Gasteiger partial charge on any atom is -0.329 e. The molecule has 0 saturated heterocycles. The molecule has 1 saturated carbocycles. The van der Waals surface area contributed by atoms with Crippen LogP contribution in [-0.2, 0) is 0 Å². The highest BCUT2D eigenvalue weighted by Crippen LogP contribution is 2.39. The first-order chi connectivity index (χ1) is 9.14. The molecule has 0 aromatic heterocycles. The van der Waals surface area contributed by atoms with Crippen LogP contribution in [0.3, 0.4) is 0 Å². The van der Waals surface area contributed by atoms with Gasteiger partial charge in [0.2, 0.25) is 0 Å². The molecule has 1 aliphatic carbocycles. The van der Waals surface area contributed by atoms with Crippen LogP contribution in [0.1, 0.15) is 53.4 Å². The van der Waals surface area contributed by atoms with Crippen molar-refractivity contribution in [3.63, 3.8) is 0 Å². The summed E-state index contributed by atoms with van der Waals surface area (Å²) in [6, 6.07) is 0. The number of nitrogens with zero attached hydrogens (tertiary/aromatic N) is 2. The van der Waals surface area contributed by atoms with Gasteiger partial charge in [-0.25, -0.2) is 0 Å². The Hall–Kier alpha value is -0.120. The van der Waals surface area contributed by atoms with Gasteiger partial charge in [0, 0.05) is 12.1 Å². The molecule has 1 fully saturated rings. The highest BCUT2D eigenvalue weighted by atomic mass is 15.2. The molecule has 19 heavy (non-hydrogen) atoms. The average molecular weight is 269 g/mol. The maximum Gasteiger partial charge on any atom is 0.0357 e. The van der Waals surface area contributed by atoms with Gasteiger partial charge in [-0.1, -0.05) is 34.1 Å². The van der Waals surface area contributed by atoms with Crippen LogP contribution in [0.5, 0.6) is 0 Å². The van der Waals surface area contributed by atoms with Crippen molar-refractivity contribution in [1.29, 1.82) is 0 Å². The molecule has 0 aromatic rings. The van der Waals surface area contributed by atoms with Gasteiger partial charge in [0.05, 0.1) is 0 Å². The highest BCUT2D eigenvalue weighted by molar-refractivity contribution is 4.99. The van der Waals surface area contributed by atoms with Crippen molar-refractivity contribution in [3.8, 4) is 0 Å². The van der Waals surface area contributed by atoms with Gasteiger partial charge in [-0.05, 0) is 57.9 Å². The van der Waals surface area contributed by atoms with Crippen LogP contribution in [0.4, 0.5) is 0 Å². The summed E-state index contributed by atoms with van der Waals surface area (Å²) in [5.41, 5.74) is 6.46. The van der Waals surface area contributed by atoms with Crippen LogP contribution >= 0.6 is 0 Å². The molecule has 2 atom stereocenters. The molecule has 0 aromatic carbocycles. The van der Waals surface area contributed by atoms with Gasteiger partial charge in [-0.2, -0.15) is 0 Å². The van der Waals surface area contributed by atoms with Crippen molar-refractivity contribution < 1.29 is 0 Å². The van der Waals surface area contributed by atoms with Gasteiger partial charge in [-0.3, -0.25) is 4.90 Å². The summed E-state index contributed by atoms with van der Waals surface area (Å²) in [7, 11) is 0. The Balaban J connectivity index is 2.52. The lowest BCUT2D eigenvalue weighted by Crippen LogP contribution is -2.56. The molecule has 0 radical (unpaired) electrons. The van der Waals surface area contributed by atoms with Crippen molar-refractivity contribution in [2.75, 3.05) is 39.3 Å². The predicted molar refractivity (Wildman–Crippen MR) is 84.5 cm³/mol. The fraction of sp³-hybridized carbons (Fsp3) is 1.00. The van der Waals surface area contributed by atoms with E-state index >= 15 is 0 Å². The van der Waals surface area contributed by atoms with E-state index in [4.69, 9.17) is 5.73 Å². The summed E-state index contributed by atoms with van der Waals surface area (Å²) in [5, 5.41) is 0. The van der Waals surface area contributed by atoms with E-state index in [2.05, 4.69) is 37.5 Å². The molecule has 2 N–H and O–H groups in total. The van der Waals surface area contributed by atoms with Crippen LogP contribution in [0.25, 0.3) is 0 Å². The van der Waals surface area contributed by atoms with Crippen molar-refractivity contribution in [3.05, 3.63) is 0 Å². The van der Waals surface area contributed by atoms with Crippen LogP contribution < -0.4 is 5.73 Å². The quantitative estimate of drug-likeness (QED) is 0.698. The molecule has 0 aliphatic heterocycles. The average Bonchev–Trinajstić information content (AvgIpc) is 2.81. The summed E-state index contributed by atoms with van der Waals surface area (Å²) in [4.78, 5) is 5.19. The monoisotopic (exact) mass is 269 g/mol. The van der Waals surface area contributed by atoms with E-state index in [0.29, 0.717) is 0 Å². The lowest BCUT2D eigenvalue weighted by molar-refractivity contribution is 0.0647. The second-order valence-corrected chi connectivity index (χ2v) is 6.06. The van der Waals surface area contributed by atoms with Gasteiger partial charge < -0.3 is 10.6 Å². The van der Waals surface area contributed by atoms with Gasteiger partial charge in [0.15, 0.2) is 0 Å². The van der Waals surface area contributed by atoms with Gasteiger partial charge >= 0.3 is 0 Å². The maximum atomic E-state index is 6.17. The molecule has 0 heterocycles. The number of hydrogen-bond donors (Lipinski definition) is 1. The zero-order chi connectivity index (χ0) is 14.3. The summed E-state index contributed by atoms with van der Waals surface area (Å²) in [5.74, 6) is 0.755. The number of nitrogens with two attached hydrogens (primary N) is 1. The molecule has 2 unspecified atom stereocenters. The Morgan fingerprint density at radius 2 is 1.79 bits per heavy atom. The number of hydrogen-bond acceptors (Lipinski definition) is 3. The minimum absolute atomic E-state index is 0.290. The number of likely N-dealkylation sites (N-methyl/N-ethyl adjacent to an activating group) is 1. The Morgan fingerprint density at radius 1 is 1.11 bits per heavy atom. The topological polar surface area (TPSA) is 32.5 Å². The molecule has 0 amide bonds. The largest absolute Gasteiger partial charge is 0.329 e. The highest BCUT2D eigenvalue weighted by Gasteiger charge is 2.42. The standard InChI is InChI=1S/C16H35N3/c1-5-18(6-2)12-9-13-19(7-3)16(14-17)11-8-10-15(16)4/h15H,5-14,17H2,1-4H3. The third kappa shape index (κ3) is 3.93. The van der Waals surface area contributed by atoms with E-state index in [1.165, 1.54) is 51.9 Å². The zero-order valence-electron chi connectivity index (χ0n) is 13.6.